The molecule has 0 amide bonds. The average molecular weight is 350 g/mol. The predicted molar refractivity (Wildman–Crippen MR) is 89.2 cm³/mol. The predicted octanol–water partition coefficient (Wildman–Crippen LogP) is 4.75. The van der Waals surface area contributed by atoms with Gasteiger partial charge in [-0.2, -0.15) is 0 Å². The van der Waals surface area contributed by atoms with Crippen LogP contribution in [0.15, 0.2) is 46.9 Å². The SMILES string of the molecule is CCNCc1ccc(Br)cc1Oc1ccc(OCC)cc1. The number of hydrogen-bond donors (Lipinski definition) is 1. The number of halogens is 1. The largest absolute Gasteiger partial charge is 0.494 e. The lowest BCUT2D eigenvalue weighted by atomic mass is 10.2. The van der Waals surface area contributed by atoms with Crippen LogP contribution in [-0.2, 0) is 6.54 Å². The van der Waals surface area contributed by atoms with Gasteiger partial charge in [0.25, 0.3) is 0 Å². The van der Waals surface area contributed by atoms with Crippen LogP contribution in [0.25, 0.3) is 0 Å². The van der Waals surface area contributed by atoms with Crippen LogP contribution in [0.4, 0.5) is 0 Å². The Bertz CT molecular complexity index is 570. The number of nitrogens with one attached hydrogen (secondary N) is 1. The van der Waals surface area contributed by atoms with E-state index in [4.69, 9.17) is 9.47 Å². The number of hydrogen-bond acceptors (Lipinski definition) is 3. The fourth-order valence-electron chi connectivity index (χ4n) is 1.93. The Morgan fingerprint density at radius 3 is 2.38 bits per heavy atom. The van der Waals surface area contributed by atoms with Crippen molar-refractivity contribution in [1.29, 1.82) is 0 Å². The Balaban J connectivity index is 2.15. The molecule has 0 radical (unpaired) electrons. The van der Waals surface area contributed by atoms with Crippen molar-refractivity contribution >= 4 is 15.9 Å². The normalized spacial score (nSPS) is 10.4. The molecule has 4 heteroatoms. The molecular weight excluding hydrogens is 330 g/mol. The number of benzene rings is 2. The van der Waals surface area contributed by atoms with E-state index in [0.29, 0.717) is 6.61 Å². The molecule has 0 bridgehead atoms. The Kier molecular flexibility index (Phi) is 6.08. The first-order valence-electron chi connectivity index (χ1n) is 7.12. The van der Waals surface area contributed by atoms with Gasteiger partial charge in [0.2, 0.25) is 0 Å². The maximum Gasteiger partial charge on any atom is 0.133 e. The summed E-state index contributed by atoms with van der Waals surface area (Å²) in [7, 11) is 0. The molecule has 2 aromatic rings. The van der Waals surface area contributed by atoms with Gasteiger partial charge < -0.3 is 14.8 Å². The highest BCUT2D eigenvalue weighted by Crippen LogP contribution is 2.29. The van der Waals surface area contributed by atoms with E-state index < -0.39 is 0 Å². The topological polar surface area (TPSA) is 30.5 Å². The first kappa shape index (κ1) is 15.9. The number of ether oxygens (including phenoxy) is 2. The van der Waals surface area contributed by atoms with E-state index in [1.54, 1.807) is 0 Å². The Morgan fingerprint density at radius 2 is 1.71 bits per heavy atom. The molecule has 0 aliphatic rings. The molecule has 2 aromatic carbocycles. The van der Waals surface area contributed by atoms with Gasteiger partial charge >= 0.3 is 0 Å². The van der Waals surface area contributed by atoms with E-state index in [9.17, 15) is 0 Å². The Labute approximate surface area is 134 Å². The zero-order valence-electron chi connectivity index (χ0n) is 12.4. The van der Waals surface area contributed by atoms with Gasteiger partial charge in [0.1, 0.15) is 17.2 Å². The summed E-state index contributed by atoms with van der Waals surface area (Å²) in [5.74, 6) is 2.51. The van der Waals surface area contributed by atoms with Crippen LogP contribution in [-0.4, -0.2) is 13.2 Å². The standard InChI is InChI=1S/C17H20BrNO2/c1-3-19-12-13-5-6-14(18)11-17(13)21-16-9-7-15(8-10-16)20-4-2/h5-11,19H,3-4,12H2,1-2H3. The second-order valence-corrected chi connectivity index (χ2v) is 5.45. The Morgan fingerprint density at radius 1 is 1.00 bits per heavy atom. The minimum Gasteiger partial charge on any atom is -0.494 e. The molecule has 0 heterocycles. The highest BCUT2D eigenvalue weighted by molar-refractivity contribution is 9.10. The van der Waals surface area contributed by atoms with Gasteiger partial charge in [0, 0.05) is 16.6 Å². The summed E-state index contributed by atoms with van der Waals surface area (Å²) in [6, 6.07) is 13.8. The van der Waals surface area contributed by atoms with Crippen LogP contribution in [0.2, 0.25) is 0 Å². The third-order valence-electron chi connectivity index (χ3n) is 2.96. The van der Waals surface area contributed by atoms with Crippen LogP contribution in [0.3, 0.4) is 0 Å². The highest BCUT2D eigenvalue weighted by atomic mass is 79.9. The maximum atomic E-state index is 5.99. The number of rotatable bonds is 7. The van der Waals surface area contributed by atoms with E-state index >= 15 is 0 Å². The van der Waals surface area contributed by atoms with Crippen molar-refractivity contribution in [3.63, 3.8) is 0 Å². The smallest absolute Gasteiger partial charge is 0.133 e. The molecule has 0 unspecified atom stereocenters. The van der Waals surface area contributed by atoms with Crippen molar-refractivity contribution in [3.8, 4) is 17.2 Å². The van der Waals surface area contributed by atoms with Crippen LogP contribution in [0.1, 0.15) is 19.4 Å². The van der Waals surface area contributed by atoms with Gasteiger partial charge in [-0.3, -0.25) is 0 Å². The zero-order valence-corrected chi connectivity index (χ0v) is 13.9. The van der Waals surface area contributed by atoms with Gasteiger partial charge in [0.05, 0.1) is 6.61 Å². The van der Waals surface area contributed by atoms with Crippen LogP contribution in [0, 0.1) is 0 Å². The van der Waals surface area contributed by atoms with Crippen molar-refractivity contribution in [2.45, 2.75) is 20.4 Å². The molecule has 0 saturated heterocycles. The molecule has 0 aromatic heterocycles. The second-order valence-electron chi connectivity index (χ2n) is 4.54. The molecule has 2 rings (SSSR count). The van der Waals surface area contributed by atoms with E-state index in [-0.39, 0.29) is 0 Å². The molecule has 0 spiro atoms. The molecule has 21 heavy (non-hydrogen) atoms. The van der Waals surface area contributed by atoms with Crippen LogP contribution >= 0.6 is 15.9 Å². The van der Waals surface area contributed by atoms with Gasteiger partial charge in [-0.15, -0.1) is 0 Å². The molecule has 0 atom stereocenters. The zero-order chi connectivity index (χ0) is 15.1. The summed E-state index contributed by atoms with van der Waals surface area (Å²) < 4.78 is 12.4. The minimum atomic E-state index is 0.665. The average Bonchev–Trinajstić information content (AvgIpc) is 2.49. The van der Waals surface area contributed by atoms with Crippen molar-refractivity contribution in [3.05, 3.63) is 52.5 Å². The molecule has 112 valence electrons. The third-order valence-corrected chi connectivity index (χ3v) is 3.45. The molecule has 0 saturated carbocycles. The van der Waals surface area contributed by atoms with Crippen molar-refractivity contribution in [1.82, 2.24) is 5.32 Å². The molecule has 1 N–H and O–H groups in total. The quantitative estimate of drug-likeness (QED) is 0.782. The first-order chi connectivity index (χ1) is 10.2. The highest BCUT2D eigenvalue weighted by Gasteiger charge is 2.06. The lowest BCUT2D eigenvalue weighted by molar-refractivity contribution is 0.339. The second kappa shape index (κ2) is 8.05. The summed E-state index contributed by atoms with van der Waals surface area (Å²) in [5, 5.41) is 3.32. The summed E-state index contributed by atoms with van der Waals surface area (Å²) in [6.45, 7) is 6.44. The monoisotopic (exact) mass is 349 g/mol. The van der Waals surface area contributed by atoms with Gasteiger partial charge in [-0.05, 0) is 49.9 Å². The fourth-order valence-corrected chi connectivity index (χ4v) is 2.27. The van der Waals surface area contributed by atoms with Crippen molar-refractivity contribution < 1.29 is 9.47 Å². The molecule has 0 aliphatic carbocycles. The van der Waals surface area contributed by atoms with Gasteiger partial charge in [0.15, 0.2) is 0 Å². The Hall–Kier alpha value is -1.52. The summed E-state index contributed by atoms with van der Waals surface area (Å²) in [5.41, 5.74) is 1.13. The maximum absolute atomic E-state index is 5.99. The minimum absolute atomic E-state index is 0.665. The molecule has 0 aliphatic heterocycles. The van der Waals surface area contributed by atoms with Gasteiger partial charge in [-0.1, -0.05) is 28.9 Å². The van der Waals surface area contributed by atoms with E-state index in [1.165, 1.54) is 0 Å². The lowest BCUT2D eigenvalue weighted by Crippen LogP contribution is -2.12. The van der Waals surface area contributed by atoms with E-state index in [0.717, 1.165) is 40.4 Å². The lowest BCUT2D eigenvalue weighted by Gasteiger charge is -2.12. The van der Waals surface area contributed by atoms with Crippen molar-refractivity contribution in [2.24, 2.45) is 0 Å². The van der Waals surface area contributed by atoms with E-state index in [1.807, 2.05) is 43.3 Å². The summed E-state index contributed by atoms with van der Waals surface area (Å²) in [4.78, 5) is 0. The van der Waals surface area contributed by atoms with Crippen LogP contribution < -0.4 is 14.8 Å². The van der Waals surface area contributed by atoms with Crippen LogP contribution in [0.5, 0.6) is 17.2 Å². The van der Waals surface area contributed by atoms with E-state index in [2.05, 4.69) is 34.2 Å². The first-order valence-corrected chi connectivity index (χ1v) is 7.92. The third kappa shape index (κ3) is 4.76. The summed E-state index contributed by atoms with van der Waals surface area (Å²) in [6.07, 6.45) is 0. The molecular formula is C17H20BrNO2. The summed E-state index contributed by atoms with van der Waals surface area (Å²) >= 11 is 3.49. The molecule has 0 fully saturated rings. The molecule has 3 nitrogen and oxygen atoms in total. The van der Waals surface area contributed by atoms with Crippen molar-refractivity contribution in [2.75, 3.05) is 13.2 Å². The fraction of sp³-hybridized carbons (Fsp3) is 0.294. The van der Waals surface area contributed by atoms with Gasteiger partial charge in [-0.25, -0.2) is 0 Å².